The number of piperidine rings is 1. The first-order valence-electron chi connectivity index (χ1n) is 8.70. The maximum Gasteiger partial charge on any atom is 0.410 e. The Balaban J connectivity index is 0.00000208. The average molecular weight is 354 g/mol. The number of carbonyl (C=O) groups excluding carboxylic acids is 1. The predicted octanol–water partition coefficient (Wildman–Crippen LogP) is 2.36. The number of halogens is 1. The zero-order valence-electron chi connectivity index (χ0n) is 14.2. The third-order valence-corrected chi connectivity index (χ3v) is 4.81. The third kappa shape index (κ3) is 5.65. The fourth-order valence-corrected chi connectivity index (χ4v) is 3.35. The Hall–Kier alpha value is -1.30. The van der Waals surface area contributed by atoms with Crippen molar-refractivity contribution in [2.75, 3.05) is 45.8 Å². The van der Waals surface area contributed by atoms with E-state index in [1.165, 1.54) is 19.4 Å². The van der Waals surface area contributed by atoms with Gasteiger partial charge in [-0.3, -0.25) is 4.90 Å². The van der Waals surface area contributed by atoms with Crippen LogP contribution in [0, 0.1) is 5.92 Å². The molecule has 2 aliphatic heterocycles. The zero-order chi connectivity index (χ0) is 15.9. The quantitative estimate of drug-likeness (QED) is 0.902. The van der Waals surface area contributed by atoms with Gasteiger partial charge in [-0.1, -0.05) is 30.3 Å². The molecule has 0 bridgehead atoms. The molecule has 5 nitrogen and oxygen atoms in total. The van der Waals surface area contributed by atoms with E-state index in [1.54, 1.807) is 0 Å². The van der Waals surface area contributed by atoms with E-state index in [2.05, 4.69) is 10.2 Å². The van der Waals surface area contributed by atoms with Crippen molar-refractivity contribution >= 4 is 18.5 Å². The normalized spacial score (nSPS) is 19.6. The third-order valence-electron chi connectivity index (χ3n) is 4.81. The monoisotopic (exact) mass is 353 g/mol. The molecule has 0 aromatic heterocycles. The molecule has 2 saturated heterocycles. The van der Waals surface area contributed by atoms with E-state index in [-0.39, 0.29) is 18.5 Å². The number of benzene rings is 1. The van der Waals surface area contributed by atoms with Crippen molar-refractivity contribution in [2.24, 2.45) is 5.92 Å². The van der Waals surface area contributed by atoms with E-state index in [4.69, 9.17) is 4.74 Å². The highest BCUT2D eigenvalue weighted by Crippen LogP contribution is 2.15. The topological polar surface area (TPSA) is 44.8 Å². The number of carbonyl (C=O) groups is 1. The first-order valence-corrected chi connectivity index (χ1v) is 8.70. The van der Waals surface area contributed by atoms with Gasteiger partial charge in [-0.25, -0.2) is 4.79 Å². The lowest BCUT2D eigenvalue weighted by Crippen LogP contribution is -2.50. The number of nitrogens with one attached hydrogen (secondary N) is 1. The van der Waals surface area contributed by atoms with Gasteiger partial charge in [0.1, 0.15) is 6.61 Å². The van der Waals surface area contributed by atoms with Crippen LogP contribution in [0.15, 0.2) is 30.3 Å². The minimum Gasteiger partial charge on any atom is -0.445 e. The molecule has 0 saturated carbocycles. The van der Waals surface area contributed by atoms with E-state index in [9.17, 15) is 4.79 Å². The van der Waals surface area contributed by atoms with Crippen molar-refractivity contribution < 1.29 is 9.53 Å². The molecule has 2 aliphatic rings. The highest BCUT2D eigenvalue weighted by Gasteiger charge is 2.24. The van der Waals surface area contributed by atoms with Crippen molar-refractivity contribution in [3.63, 3.8) is 0 Å². The van der Waals surface area contributed by atoms with Crippen LogP contribution in [-0.4, -0.2) is 61.7 Å². The van der Waals surface area contributed by atoms with Gasteiger partial charge in [-0.15, -0.1) is 12.4 Å². The van der Waals surface area contributed by atoms with Crippen molar-refractivity contribution in [1.29, 1.82) is 0 Å². The SMILES string of the molecule is Cl.O=C(OCc1ccccc1)N1CCN(CC2CCNCC2)CC1. The van der Waals surface area contributed by atoms with Crippen LogP contribution in [0.1, 0.15) is 18.4 Å². The molecular weight excluding hydrogens is 326 g/mol. The van der Waals surface area contributed by atoms with Crippen molar-refractivity contribution in [3.05, 3.63) is 35.9 Å². The van der Waals surface area contributed by atoms with Gasteiger partial charge < -0.3 is 15.0 Å². The summed E-state index contributed by atoms with van der Waals surface area (Å²) in [7, 11) is 0. The van der Waals surface area contributed by atoms with E-state index < -0.39 is 0 Å². The summed E-state index contributed by atoms with van der Waals surface area (Å²) in [5.41, 5.74) is 1.03. The predicted molar refractivity (Wildman–Crippen MR) is 97.5 cm³/mol. The van der Waals surface area contributed by atoms with Gasteiger partial charge in [0.05, 0.1) is 0 Å². The molecule has 2 fully saturated rings. The summed E-state index contributed by atoms with van der Waals surface area (Å²) in [5, 5.41) is 3.41. The van der Waals surface area contributed by atoms with E-state index in [0.717, 1.165) is 50.7 Å². The minimum absolute atomic E-state index is 0. The summed E-state index contributed by atoms with van der Waals surface area (Å²) in [5.74, 6) is 0.813. The largest absolute Gasteiger partial charge is 0.445 e. The second-order valence-electron chi connectivity index (χ2n) is 6.52. The van der Waals surface area contributed by atoms with Crippen LogP contribution in [0.25, 0.3) is 0 Å². The molecule has 1 aromatic rings. The van der Waals surface area contributed by atoms with Crippen LogP contribution < -0.4 is 5.32 Å². The number of hydrogen-bond acceptors (Lipinski definition) is 4. The maximum atomic E-state index is 12.1. The van der Waals surface area contributed by atoms with Crippen molar-refractivity contribution in [2.45, 2.75) is 19.4 Å². The van der Waals surface area contributed by atoms with Gasteiger partial charge in [0, 0.05) is 32.7 Å². The molecule has 0 aliphatic carbocycles. The Morgan fingerprint density at radius 1 is 1.08 bits per heavy atom. The number of piperazine rings is 1. The second kappa shape index (κ2) is 9.87. The van der Waals surface area contributed by atoms with Crippen LogP contribution in [-0.2, 0) is 11.3 Å². The lowest BCUT2D eigenvalue weighted by atomic mass is 9.97. The second-order valence-corrected chi connectivity index (χ2v) is 6.52. The maximum absolute atomic E-state index is 12.1. The fourth-order valence-electron chi connectivity index (χ4n) is 3.35. The van der Waals surface area contributed by atoms with Crippen LogP contribution >= 0.6 is 12.4 Å². The van der Waals surface area contributed by atoms with Gasteiger partial charge in [-0.05, 0) is 37.4 Å². The highest BCUT2D eigenvalue weighted by atomic mass is 35.5. The van der Waals surface area contributed by atoms with Gasteiger partial charge in [0.25, 0.3) is 0 Å². The van der Waals surface area contributed by atoms with Crippen LogP contribution in [0.4, 0.5) is 4.79 Å². The minimum atomic E-state index is -0.185. The molecule has 0 unspecified atom stereocenters. The Kier molecular flexibility index (Phi) is 7.82. The van der Waals surface area contributed by atoms with Gasteiger partial charge in [0.15, 0.2) is 0 Å². The lowest BCUT2D eigenvalue weighted by Gasteiger charge is -2.36. The Morgan fingerprint density at radius 2 is 1.75 bits per heavy atom. The Labute approximate surface area is 150 Å². The average Bonchev–Trinajstić information content (AvgIpc) is 2.62. The molecule has 3 rings (SSSR count). The van der Waals surface area contributed by atoms with E-state index in [0.29, 0.717) is 6.61 Å². The smallest absolute Gasteiger partial charge is 0.410 e. The molecule has 24 heavy (non-hydrogen) atoms. The first kappa shape index (κ1) is 19.0. The Morgan fingerprint density at radius 3 is 2.42 bits per heavy atom. The number of nitrogens with zero attached hydrogens (tertiary/aromatic N) is 2. The van der Waals surface area contributed by atoms with E-state index in [1.807, 2.05) is 35.2 Å². The van der Waals surface area contributed by atoms with Crippen molar-refractivity contribution in [3.8, 4) is 0 Å². The molecular formula is C18H28ClN3O2. The molecule has 1 aromatic carbocycles. The molecule has 0 radical (unpaired) electrons. The van der Waals surface area contributed by atoms with Crippen LogP contribution in [0.5, 0.6) is 0 Å². The zero-order valence-corrected chi connectivity index (χ0v) is 15.0. The number of hydrogen-bond donors (Lipinski definition) is 1. The summed E-state index contributed by atoms with van der Waals surface area (Å²) in [6, 6.07) is 9.84. The number of amides is 1. The first-order chi connectivity index (χ1) is 11.3. The van der Waals surface area contributed by atoms with Gasteiger partial charge in [-0.2, -0.15) is 0 Å². The van der Waals surface area contributed by atoms with Crippen molar-refractivity contribution in [1.82, 2.24) is 15.1 Å². The molecule has 0 spiro atoms. The number of ether oxygens (including phenoxy) is 1. The van der Waals surface area contributed by atoms with Crippen LogP contribution in [0.2, 0.25) is 0 Å². The molecule has 1 N–H and O–H groups in total. The van der Waals surface area contributed by atoms with Gasteiger partial charge in [0.2, 0.25) is 0 Å². The number of rotatable bonds is 4. The molecule has 2 heterocycles. The summed E-state index contributed by atoms with van der Waals surface area (Å²) < 4.78 is 5.41. The van der Waals surface area contributed by atoms with Crippen LogP contribution in [0.3, 0.4) is 0 Å². The molecule has 134 valence electrons. The standard InChI is InChI=1S/C18H27N3O2.ClH/c22-18(23-15-17-4-2-1-3-5-17)21-12-10-20(11-13-21)14-16-6-8-19-9-7-16;/h1-5,16,19H,6-15H2;1H. The summed E-state index contributed by atoms with van der Waals surface area (Å²) in [6.45, 7) is 7.31. The van der Waals surface area contributed by atoms with Gasteiger partial charge >= 0.3 is 6.09 Å². The van der Waals surface area contributed by atoms with E-state index >= 15 is 0 Å². The highest BCUT2D eigenvalue weighted by molar-refractivity contribution is 5.85. The Bertz CT molecular complexity index is 486. The summed E-state index contributed by atoms with van der Waals surface area (Å²) >= 11 is 0. The summed E-state index contributed by atoms with van der Waals surface area (Å²) in [6.07, 6.45) is 2.37. The fraction of sp³-hybridized carbons (Fsp3) is 0.611. The molecule has 6 heteroatoms. The molecule has 0 atom stereocenters. The summed E-state index contributed by atoms with van der Waals surface area (Å²) in [4.78, 5) is 16.5. The molecule has 1 amide bonds. The lowest BCUT2D eigenvalue weighted by molar-refractivity contribution is 0.0663.